The van der Waals surface area contributed by atoms with Gasteiger partial charge in [-0.3, -0.25) is 9.80 Å². The lowest BCUT2D eigenvalue weighted by molar-refractivity contribution is -0.746. The molecule has 0 aromatic heterocycles. The van der Waals surface area contributed by atoms with Crippen molar-refractivity contribution in [3.05, 3.63) is 50.1 Å². The van der Waals surface area contributed by atoms with E-state index in [1.807, 2.05) is 12.4 Å². The van der Waals surface area contributed by atoms with Crippen LogP contribution >= 0.6 is 0 Å². The van der Waals surface area contributed by atoms with Gasteiger partial charge in [0.1, 0.15) is 12.4 Å². The van der Waals surface area contributed by atoms with E-state index >= 15 is 0 Å². The minimum Gasteiger partial charge on any atom is -0.748 e. The van der Waals surface area contributed by atoms with Crippen LogP contribution in [-0.2, 0) is 20.2 Å². The van der Waals surface area contributed by atoms with Crippen LogP contribution in [0.15, 0.2) is 60.1 Å². The molecule has 0 aromatic carbocycles. The highest BCUT2D eigenvalue weighted by Gasteiger charge is 2.20. The number of quaternary nitrogens is 2. The van der Waals surface area contributed by atoms with Gasteiger partial charge >= 0.3 is 0 Å². The average molecular weight is 547 g/mol. The summed E-state index contributed by atoms with van der Waals surface area (Å²) < 4.78 is 57.6. The van der Waals surface area contributed by atoms with Crippen molar-refractivity contribution < 1.29 is 35.7 Å². The Morgan fingerprint density at radius 3 is 1.36 bits per heavy atom. The van der Waals surface area contributed by atoms with Crippen molar-refractivity contribution in [3.8, 4) is 0 Å². The maximum Gasteiger partial charge on any atom is 0.205 e. The SMILES string of the molecule is C=CCS(=O)(=O)[O-].C=CCS(=O)(=O)[O-].CCCC[NH+]1C=CN=C1CCCCC1=NC=C[NH+]1CCCC. The zero-order valence-corrected chi connectivity index (χ0v) is 23.2. The summed E-state index contributed by atoms with van der Waals surface area (Å²) in [6.45, 7) is 13.0. The average Bonchev–Trinajstić information content (AvgIpc) is 3.42. The second-order valence-electron chi connectivity index (χ2n) is 8.27. The zero-order valence-electron chi connectivity index (χ0n) is 21.5. The maximum atomic E-state index is 9.60. The molecule has 2 N–H and O–H groups in total. The first-order chi connectivity index (χ1) is 17.0. The van der Waals surface area contributed by atoms with Crippen LogP contribution in [0.4, 0.5) is 0 Å². The van der Waals surface area contributed by atoms with E-state index < -0.39 is 31.7 Å². The highest BCUT2D eigenvalue weighted by atomic mass is 32.2. The van der Waals surface area contributed by atoms with Gasteiger partial charge in [0.2, 0.25) is 11.7 Å². The molecule has 0 saturated heterocycles. The van der Waals surface area contributed by atoms with E-state index in [1.54, 1.807) is 0 Å². The van der Waals surface area contributed by atoms with Crippen molar-refractivity contribution >= 4 is 31.9 Å². The number of aliphatic imine (C=N–C) groups is 2. The number of hydrogen-bond acceptors (Lipinski definition) is 8. The van der Waals surface area contributed by atoms with Crippen molar-refractivity contribution in [2.75, 3.05) is 24.6 Å². The van der Waals surface area contributed by atoms with Crippen LogP contribution in [0.3, 0.4) is 0 Å². The predicted molar refractivity (Wildman–Crippen MR) is 143 cm³/mol. The van der Waals surface area contributed by atoms with Crippen molar-refractivity contribution in [1.82, 2.24) is 0 Å². The summed E-state index contributed by atoms with van der Waals surface area (Å²) in [7, 11) is -8.08. The van der Waals surface area contributed by atoms with Gasteiger partial charge in [-0.15, -0.1) is 13.2 Å². The third kappa shape index (κ3) is 18.3. The summed E-state index contributed by atoms with van der Waals surface area (Å²) in [6, 6.07) is 0. The molecule has 2 heterocycles. The monoisotopic (exact) mass is 546 g/mol. The van der Waals surface area contributed by atoms with Crippen LogP contribution in [0, 0.1) is 0 Å². The van der Waals surface area contributed by atoms with E-state index in [-0.39, 0.29) is 0 Å². The van der Waals surface area contributed by atoms with Gasteiger partial charge in [0.05, 0.1) is 57.2 Å². The van der Waals surface area contributed by atoms with Gasteiger partial charge in [0, 0.05) is 12.8 Å². The minimum absolute atomic E-state index is 0.479. The lowest BCUT2D eigenvalue weighted by atomic mass is 10.1. The van der Waals surface area contributed by atoms with Gasteiger partial charge < -0.3 is 9.11 Å². The van der Waals surface area contributed by atoms with E-state index in [9.17, 15) is 25.9 Å². The fraction of sp³-hybridized carbons (Fsp3) is 0.583. The van der Waals surface area contributed by atoms with E-state index in [4.69, 9.17) is 0 Å². The summed E-state index contributed by atoms with van der Waals surface area (Å²) in [4.78, 5) is 12.0. The van der Waals surface area contributed by atoms with Gasteiger partial charge in [0.25, 0.3) is 0 Å². The van der Waals surface area contributed by atoms with Crippen molar-refractivity contribution in [3.63, 3.8) is 0 Å². The molecule has 2 aliphatic rings. The van der Waals surface area contributed by atoms with Gasteiger partial charge in [-0.05, 0) is 25.7 Å². The van der Waals surface area contributed by atoms with Crippen LogP contribution in [0.5, 0.6) is 0 Å². The number of nitrogens with zero attached hydrogens (tertiary/aromatic N) is 2. The zero-order chi connectivity index (χ0) is 27.5. The molecule has 10 nitrogen and oxygen atoms in total. The molecule has 2 unspecified atom stereocenters. The Morgan fingerprint density at radius 1 is 0.750 bits per heavy atom. The summed E-state index contributed by atoms with van der Waals surface area (Å²) in [5, 5.41) is 0. The smallest absolute Gasteiger partial charge is 0.205 e. The second-order valence-corrected chi connectivity index (χ2v) is 11.2. The van der Waals surface area contributed by atoms with Crippen LogP contribution in [-0.4, -0.2) is 62.2 Å². The number of nitrogens with one attached hydrogen (secondary N) is 2. The van der Waals surface area contributed by atoms with E-state index in [1.165, 1.54) is 73.1 Å². The summed E-state index contributed by atoms with van der Waals surface area (Å²) in [6.07, 6.45) is 20.2. The molecular formula is C24H42N4O6S2. The molecule has 2 aliphatic heterocycles. The third-order valence-electron chi connectivity index (χ3n) is 5.07. The Kier molecular flexibility index (Phi) is 18.1. The Hall–Kier alpha value is -1.96. The molecule has 2 atom stereocenters. The maximum absolute atomic E-state index is 9.60. The second kappa shape index (κ2) is 19.2. The molecule has 0 amide bonds. The largest absolute Gasteiger partial charge is 0.748 e. The minimum atomic E-state index is -4.04. The van der Waals surface area contributed by atoms with Crippen LogP contribution < -0.4 is 9.80 Å². The molecule has 0 fully saturated rings. The summed E-state index contributed by atoms with van der Waals surface area (Å²) >= 11 is 0. The number of unbranched alkanes of at least 4 members (excludes halogenated alkanes) is 3. The molecule has 0 aromatic rings. The van der Waals surface area contributed by atoms with E-state index in [2.05, 4.69) is 49.4 Å². The third-order valence-corrected chi connectivity index (χ3v) is 6.36. The van der Waals surface area contributed by atoms with Gasteiger partial charge in [-0.1, -0.05) is 38.8 Å². The van der Waals surface area contributed by atoms with E-state index in [0.29, 0.717) is 0 Å². The molecule has 12 heteroatoms. The first-order valence-corrected chi connectivity index (χ1v) is 15.4. The Bertz CT molecular complexity index is 906. The highest BCUT2D eigenvalue weighted by molar-refractivity contribution is 7.86. The number of hydrogen-bond donors (Lipinski definition) is 2. The topological polar surface area (TPSA) is 148 Å². The fourth-order valence-corrected chi connectivity index (χ4v) is 3.88. The lowest BCUT2D eigenvalue weighted by Gasteiger charge is -2.13. The highest BCUT2D eigenvalue weighted by Crippen LogP contribution is 2.03. The molecule has 36 heavy (non-hydrogen) atoms. The van der Waals surface area contributed by atoms with Crippen LogP contribution in [0.2, 0.25) is 0 Å². The first kappa shape index (κ1) is 34.0. The molecule has 0 radical (unpaired) electrons. The van der Waals surface area contributed by atoms with Crippen molar-refractivity contribution in [1.29, 1.82) is 0 Å². The number of amidine groups is 2. The molecular weight excluding hydrogens is 504 g/mol. The van der Waals surface area contributed by atoms with Gasteiger partial charge in [-0.2, -0.15) is 0 Å². The number of rotatable bonds is 15. The van der Waals surface area contributed by atoms with Crippen LogP contribution in [0.25, 0.3) is 0 Å². The standard InChI is InChI=1S/C18H30N4.2C3H6O3S/c1-3-5-13-21-15-11-19-17(21)9-7-8-10-18-20-12-16-22(18)14-6-4-2;2*1-2-3-7(4,5)6/h11-12,15-16H,3-10,13-14H2,1-2H3;2*2H,1,3H2,(H,4,5,6). The molecule has 0 bridgehead atoms. The molecule has 0 spiro atoms. The normalized spacial score (nSPS) is 18.4. The Labute approximate surface area is 217 Å². The Balaban J connectivity index is 0.000000720. The predicted octanol–water partition coefficient (Wildman–Crippen LogP) is 1.12. The molecule has 0 aliphatic carbocycles. The van der Waals surface area contributed by atoms with Gasteiger partial charge in [0.15, 0.2) is 0 Å². The first-order valence-electron chi connectivity index (χ1n) is 12.2. The van der Waals surface area contributed by atoms with Crippen LogP contribution in [0.1, 0.15) is 65.2 Å². The molecule has 0 saturated carbocycles. The fourth-order valence-electron chi connectivity index (χ4n) is 3.31. The Morgan fingerprint density at radius 2 is 1.11 bits per heavy atom. The van der Waals surface area contributed by atoms with E-state index in [0.717, 1.165) is 25.0 Å². The van der Waals surface area contributed by atoms with Crippen molar-refractivity contribution in [2.45, 2.75) is 65.2 Å². The molecule has 206 valence electrons. The van der Waals surface area contributed by atoms with Gasteiger partial charge in [-0.25, -0.2) is 26.8 Å². The van der Waals surface area contributed by atoms with Crippen molar-refractivity contribution in [2.24, 2.45) is 9.98 Å². The molecule has 2 rings (SSSR count). The lowest BCUT2D eigenvalue weighted by Crippen LogP contribution is -3.09. The summed E-state index contributed by atoms with van der Waals surface area (Å²) in [5.41, 5.74) is 0. The quantitative estimate of drug-likeness (QED) is 0.179. The summed E-state index contributed by atoms with van der Waals surface area (Å²) in [5.74, 6) is 1.70.